The van der Waals surface area contributed by atoms with Crippen molar-refractivity contribution in [3.8, 4) is 5.75 Å². The second-order valence-corrected chi connectivity index (χ2v) is 10.0. The molecule has 3 rings (SSSR count). The van der Waals surface area contributed by atoms with E-state index in [1.165, 1.54) is 0 Å². The molecule has 0 aliphatic heterocycles. The molecule has 0 saturated carbocycles. The molecule has 0 aromatic heterocycles. The van der Waals surface area contributed by atoms with Crippen LogP contribution in [0.4, 0.5) is 0 Å². The molecule has 0 heterocycles. The average Bonchev–Trinajstić information content (AvgIpc) is 2.90. The van der Waals surface area contributed by atoms with Gasteiger partial charge in [-0.05, 0) is 48.9 Å². The number of rotatable bonds is 12. The number of amides is 2. The summed E-state index contributed by atoms with van der Waals surface area (Å²) in [6, 6.07) is 25.1. The number of aryl methyl sites for hydroxylation is 1. The molecule has 5 nitrogen and oxygen atoms in total. The molecule has 37 heavy (non-hydrogen) atoms. The highest BCUT2D eigenvalue weighted by atomic mass is 16.5. The number of carbonyl (C=O) groups is 2. The van der Waals surface area contributed by atoms with Crippen molar-refractivity contribution in [2.75, 3.05) is 6.61 Å². The zero-order chi connectivity index (χ0) is 26.8. The van der Waals surface area contributed by atoms with Crippen LogP contribution in [-0.2, 0) is 22.6 Å². The second kappa shape index (κ2) is 13.6. The zero-order valence-electron chi connectivity index (χ0n) is 22.7. The minimum atomic E-state index is -0.672. The molecule has 0 fully saturated rings. The lowest BCUT2D eigenvalue weighted by Gasteiger charge is -2.32. The first-order valence-corrected chi connectivity index (χ1v) is 13.2. The third-order valence-corrected chi connectivity index (χ3v) is 6.64. The molecule has 196 valence electrons. The number of benzene rings is 3. The predicted molar refractivity (Wildman–Crippen MR) is 150 cm³/mol. The Kier molecular flexibility index (Phi) is 10.3. The van der Waals surface area contributed by atoms with E-state index in [0.29, 0.717) is 18.7 Å². The first kappa shape index (κ1) is 28.0. The Bertz CT molecular complexity index is 1140. The van der Waals surface area contributed by atoms with Crippen LogP contribution >= 0.6 is 0 Å². The van der Waals surface area contributed by atoms with Gasteiger partial charge in [0, 0.05) is 19.0 Å². The van der Waals surface area contributed by atoms with E-state index in [0.717, 1.165) is 28.7 Å². The predicted octanol–water partition coefficient (Wildman–Crippen LogP) is 6.05. The van der Waals surface area contributed by atoms with Crippen molar-refractivity contribution >= 4 is 11.8 Å². The SMILES string of the molecule is CC[C@@H](C)NC(=O)[C@@H](Cc1ccccc1)N(Cc1ccc(C)cc1)C(=O)COc1ccccc1C(C)C. The van der Waals surface area contributed by atoms with Gasteiger partial charge < -0.3 is 15.0 Å². The second-order valence-electron chi connectivity index (χ2n) is 10.0. The van der Waals surface area contributed by atoms with E-state index in [9.17, 15) is 9.59 Å². The van der Waals surface area contributed by atoms with Crippen LogP contribution < -0.4 is 10.1 Å². The van der Waals surface area contributed by atoms with Crippen LogP contribution in [0.25, 0.3) is 0 Å². The normalized spacial score (nSPS) is 12.6. The molecule has 0 radical (unpaired) electrons. The number of ether oxygens (including phenoxy) is 1. The van der Waals surface area contributed by atoms with Crippen LogP contribution in [0.3, 0.4) is 0 Å². The van der Waals surface area contributed by atoms with Crippen molar-refractivity contribution in [3.05, 3.63) is 101 Å². The van der Waals surface area contributed by atoms with Gasteiger partial charge in [0.05, 0.1) is 0 Å². The molecule has 0 bridgehead atoms. The molecule has 5 heteroatoms. The monoisotopic (exact) mass is 500 g/mol. The number of nitrogens with one attached hydrogen (secondary N) is 1. The number of carbonyl (C=O) groups excluding carboxylic acids is 2. The number of nitrogens with zero attached hydrogens (tertiary/aromatic N) is 1. The van der Waals surface area contributed by atoms with Crippen molar-refractivity contribution in [1.82, 2.24) is 10.2 Å². The van der Waals surface area contributed by atoms with Gasteiger partial charge in [0.2, 0.25) is 5.91 Å². The Morgan fingerprint density at radius 3 is 2.16 bits per heavy atom. The molecule has 3 aromatic carbocycles. The minimum Gasteiger partial charge on any atom is -0.483 e. The summed E-state index contributed by atoms with van der Waals surface area (Å²) in [4.78, 5) is 29.0. The highest BCUT2D eigenvalue weighted by Gasteiger charge is 2.31. The smallest absolute Gasteiger partial charge is 0.261 e. The van der Waals surface area contributed by atoms with Crippen LogP contribution in [0.2, 0.25) is 0 Å². The topological polar surface area (TPSA) is 58.6 Å². The summed E-state index contributed by atoms with van der Waals surface area (Å²) < 4.78 is 6.06. The Morgan fingerprint density at radius 2 is 1.51 bits per heavy atom. The number of hydrogen-bond acceptors (Lipinski definition) is 3. The molecular formula is C32H40N2O3. The van der Waals surface area contributed by atoms with Crippen LogP contribution in [0.15, 0.2) is 78.9 Å². The highest BCUT2D eigenvalue weighted by molar-refractivity contribution is 5.88. The van der Waals surface area contributed by atoms with Gasteiger partial charge in [0.1, 0.15) is 11.8 Å². The molecule has 2 amide bonds. The van der Waals surface area contributed by atoms with Crippen LogP contribution in [0, 0.1) is 6.92 Å². The quantitative estimate of drug-likeness (QED) is 0.329. The van der Waals surface area contributed by atoms with Crippen molar-refractivity contribution < 1.29 is 14.3 Å². The van der Waals surface area contributed by atoms with E-state index >= 15 is 0 Å². The Hall–Kier alpha value is -3.60. The maximum absolute atomic E-state index is 13.8. The minimum absolute atomic E-state index is 0.0104. The molecule has 1 N–H and O–H groups in total. The summed E-state index contributed by atoms with van der Waals surface area (Å²) in [6.07, 6.45) is 1.23. The lowest BCUT2D eigenvalue weighted by atomic mass is 10.0. The van der Waals surface area contributed by atoms with Crippen molar-refractivity contribution in [3.63, 3.8) is 0 Å². The largest absolute Gasteiger partial charge is 0.483 e. The van der Waals surface area contributed by atoms with Crippen molar-refractivity contribution in [2.24, 2.45) is 0 Å². The molecule has 0 unspecified atom stereocenters. The standard InChI is InChI=1S/C32H40N2O3/c1-6-25(5)33-32(36)29(20-26-12-8-7-9-13-26)34(21-27-18-16-24(4)17-19-27)31(35)22-37-30-15-11-10-14-28(30)23(2)3/h7-19,23,25,29H,6,20-22H2,1-5H3,(H,33,36)/t25-,29-/m1/s1. The molecule has 2 atom stereocenters. The first-order chi connectivity index (χ1) is 17.8. The Labute approximate surface area is 221 Å². The van der Waals surface area contributed by atoms with E-state index in [2.05, 4.69) is 19.2 Å². The summed E-state index contributed by atoms with van der Waals surface area (Å²) in [6.45, 7) is 10.4. The third-order valence-electron chi connectivity index (χ3n) is 6.64. The van der Waals surface area contributed by atoms with E-state index < -0.39 is 6.04 Å². The number of hydrogen-bond donors (Lipinski definition) is 1. The highest BCUT2D eigenvalue weighted by Crippen LogP contribution is 2.26. The molecule has 0 aliphatic carbocycles. The fourth-order valence-electron chi connectivity index (χ4n) is 4.20. The summed E-state index contributed by atoms with van der Waals surface area (Å²) in [5, 5.41) is 3.10. The maximum Gasteiger partial charge on any atom is 0.261 e. The summed E-state index contributed by atoms with van der Waals surface area (Å²) >= 11 is 0. The fourth-order valence-corrected chi connectivity index (χ4v) is 4.20. The van der Waals surface area contributed by atoms with Gasteiger partial charge in [-0.2, -0.15) is 0 Å². The summed E-state index contributed by atoms with van der Waals surface area (Å²) in [7, 11) is 0. The van der Waals surface area contributed by atoms with Crippen molar-refractivity contribution in [2.45, 2.75) is 72.0 Å². The van der Waals surface area contributed by atoms with Crippen LogP contribution in [0.5, 0.6) is 5.75 Å². The van der Waals surface area contributed by atoms with E-state index in [-0.39, 0.29) is 30.4 Å². The maximum atomic E-state index is 13.8. The summed E-state index contributed by atoms with van der Waals surface area (Å²) in [5.41, 5.74) is 4.16. The van der Waals surface area contributed by atoms with Gasteiger partial charge in [-0.25, -0.2) is 0 Å². The van der Waals surface area contributed by atoms with Crippen molar-refractivity contribution in [1.29, 1.82) is 0 Å². The molecular weight excluding hydrogens is 460 g/mol. The summed E-state index contributed by atoms with van der Waals surface area (Å²) in [5.74, 6) is 0.590. The first-order valence-electron chi connectivity index (χ1n) is 13.2. The molecule has 0 aliphatic rings. The zero-order valence-corrected chi connectivity index (χ0v) is 22.7. The fraction of sp³-hybridized carbons (Fsp3) is 0.375. The van der Waals surface area contributed by atoms with E-state index in [1.54, 1.807) is 4.90 Å². The molecule has 0 saturated heterocycles. The lowest BCUT2D eigenvalue weighted by molar-refractivity contribution is -0.143. The van der Waals surface area contributed by atoms with Gasteiger partial charge in [-0.1, -0.05) is 99.1 Å². The molecule has 0 spiro atoms. The van der Waals surface area contributed by atoms with Gasteiger partial charge in [0.25, 0.3) is 5.91 Å². The third kappa shape index (κ3) is 8.21. The molecule has 3 aromatic rings. The van der Waals surface area contributed by atoms with E-state index in [1.807, 2.05) is 99.6 Å². The van der Waals surface area contributed by atoms with Crippen LogP contribution in [0.1, 0.15) is 62.3 Å². The average molecular weight is 501 g/mol. The van der Waals surface area contributed by atoms with Crippen LogP contribution in [-0.4, -0.2) is 35.4 Å². The van der Waals surface area contributed by atoms with Gasteiger partial charge >= 0.3 is 0 Å². The van der Waals surface area contributed by atoms with E-state index in [4.69, 9.17) is 4.74 Å². The Morgan fingerprint density at radius 1 is 0.865 bits per heavy atom. The lowest BCUT2D eigenvalue weighted by Crippen LogP contribution is -2.53. The van der Waals surface area contributed by atoms with Gasteiger partial charge in [-0.15, -0.1) is 0 Å². The van der Waals surface area contributed by atoms with Gasteiger partial charge in [-0.3, -0.25) is 9.59 Å². The number of para-hydroxylation sites is 1. The Balaban J connectivity index is 1.93. The van der Waals surface area contributed by atoms with Gasteiger partial charge in [0.15, 0.2) is 6.61 Å².